The molecule has 0 unspecified atom stereocenters. The number of carbonyl (C=O) groups is 1. The normalized spacial score (nSPS) is 14.8. The number of ether oxygens (including phenoxy) is 1. The molecule has 0 saturated heterocycles. The number of H-pyrrole nitrogens is 1. The molecule has 0 radical (unpaired) electrons. The molecular weight excluding hydrogens is 250 g/mol. The summed E-state index contributed by atoms with van der Waals surface area (Å²) in [6.07, 6.45) is 0. The van der Waals surface area contributed by atoms with Crippen LogP contribution in [0.25, 0.3) is 11.3 Å². The van der Waals surface area contributed by atoms with Gasteiger partial charge in [-0.25, -0.2) is 4.79 Å². The van der Waals surface area contributed by atoms with E-state index < -0.39 is 0 Å². The molecule has 0 spiro atoms. The van der Waals surface area contributed by atoms with Crippen molar-refractivity contribution in [3.63, 3.8) is 0 Å². The number of benzene rings is 1. The fraction of sp³-hybridized carbons (Fsp3) is 0.353. The second-order valence-corrected chi connectivity index (χ2v) is 5.77. The number of nitrogens with one attached hydrogen (secondary N) is 1. The van der Waals surface area contributed by atoms with Crippen LogP contribution in [0.15, 0.2) is 24.3 Å². The highest BCUT2D eigenvalue weighted by Crippen LogP contribution is 2.50. The van der Waals surface area contributed by atoms with Crippen molar-refractivity contribution in [1.82, 2.24) is 4.98 Å². The number of hydrogen-bond donors (Lipinski definition) is 1. The Hall–Kier alpha value is -2.03. The van der Waals surface area contributed by atoms with Crippen molar-refractivity contribution in [1.29, 1.82) is 0 Å². The van der Waals surface area contributed by atoms with E-state index in [1.54, 1.807) is 0 Å². The van der Waals surface area contributed by atoms with Gasteiger partial charge in [0.05, 0.1) is 12.3 Å². The van der Waals surface area contributed by atoms with Crippen LogP contribution in [-0.4, -0.2) is 17.6 Å². The first-order valence-electron chi connectivity index (χ1n) is 6.98. The summed E-state index contributed by atoms with van der Waals surface area (Å²) >= 11 is 0. The smallest absolute Gasteiger partial charge is 0.355 e. The number of fused-ring (bicyclic) bond motifs is 3. The van der Waals surface area contributed by atoms with Gasteiger partial charge in [0.25, 0.3) is 0 Å². The van der Waals surface area contributed by atoms with E-state index in [2.05, 4.69) is 37.0 Å². The number of aromatic amines is 1. The maximum absolute atomic E-state index is 12.0. The molecule has 1 aromatic carbocycles. The van der Waals surface area contributed by atoms with Gasteiger partial charge in [-0.2, -0.15) is 0 Å². The van der Waals surface area contributed by atoms with Gasteiger partial charge in [-0.15, -0.1) is 0 Å². The summed E-state index contributed by atoms with van der Waals surface area (Å²) in [5, 5.41) is 0. The standard InChI is InChI=1S/C17H19NO2/c1-5-20-16(19)14-10(2)13-15(18-14)11-8-6-7-9-12(11)17(13,3)4/h6-9,18H,5H2,1-4H3. The second-order valence-electron chi connectivity index (χ2n) is 5.77. The summed E-state index contributed by atoms with van der Waals surface area (Å²) in [7, 11) is 0. The molecule has 0 saturated carbocycles. The predicted octanol–water partition coefficient (Wildman–Crippen LogP) is 3.81. The molecule has 0 atom stereocenters. The Bertz CT molecular complexity index is 695. The largest absolute Gasteiger partial charge is 0.461 e. The molecule has 0 aliphatic heterocycles. The zero-order valence-electron chi connectivity index (χ0n) is 12.3. The third-order valence-corrected chi connectivity index (χ3v) is 4.22. The Labute approximate surface area is 119 Å². The Morgan fingerprint density at radius 2 is 2.00 bits per heavy atom. The molecule has 20 heavy (non-hydrogen) atoms. The van der Waals surface area contributed by atoms with Crippen LogP contribution in [-0.2, 0) is 10.2 Å². The molecule has 3 heteroatoms. The molecular formula is C17H19NO2. The average molecular weight is 269 g/mol. The lowest BCUT2D eigenvalue weighted by atomic mass is 9.81. The third-order valence-electron chi connectivity index (χ3n) is 4.22. The highest BCUT2D eigenvalue weighted by atomic mass is 16.5. The average Bonchev–Trinajstić information content (AvgIpc) is 2.87. The van der Waals surface area contributed by atoms with Crippen LogP contribution >= 0.6 is 0 Å². The van der Waals surface area contributed by atoms with Crippen LogP contribution in [0.5, 0.6) is 0 Å². The van der Waals surface area contributed by atoms with Crippen LogP contribution in [0.4, 0.5) is 0 Å². The molecule has 1 N–H and O–H groups in total. The van der Waals surface area contributed by atoms with Crippen molar-refractivity contribution in [3.8, 4) is 11.3 Å². The third kappa shape index (κ3) is 1.56. The first-order chi connectivity index (χ1) is 9.48. The first-order valence-corrected chi connectivity index (χ1v) is 6.98. The van der Waals surface area contributed by atoms with E-state index in [9.17, 15) is 4.79 Å². The van der Waals surface area contributed by atoms with E-state index in [1.165, 1.54) is 16.7 Å². The Balaban J connectivity index is 2.23. The topological polar surface area (TPSA) is 42.1 Å². The summed E-state index contributed by atoms with van der Waals surface area (Å²) < 4.78 is 5.13. The molecule has 0 bridgehead atoms. The minimum atomic E-state index is -0.271. The van der Waals surface area contributed by atoms with Crippen molar-refractivity contribution < 1.29 is 9.53 Å². The molecule has 2 aromatic rings. The first kappa shape index (κ1) is 13.0. The van der Waals surface area contributed by atoms with E-state index in [1.807, 2.05) is 19.9 Å². The van der Waals surface area contributed by atoms with Crippen molar-refractivity contribution in [3.05, 3.63) is 46.6 Å². The Kier molecular flexibility index (Phi) is 2.75. The van der Waals surface area contributed by atoms with Crippen LogP contribution < -0.4 is 0 Å². The van der Waals surface area contributed by atoms with Crippen LogP contribution in [0.2, 0.25) is 0 Å². The number of esters is 1. The van der Waals surface area contributed by atoms with Gasteiger partial charge in [0.15, 0.2) is 0 Å². The molecule has 3 rings (SSSR count). The van der Waals surface area contributed by atoms with Gasteiger partial charge in [-0.3, -0.25) is 0 Å². The van der Waals surface area contributed by atoms with E-state index in [0.717, 1.165) is 11.3 Å². The van der Waals surface area contributed by atoms with Crippen molar-refractivity contribution in [2.45, 2.75) is 33.1 Å². The monoisotopic (exact) mass is 269 g/mol. The molecule has 104 valence electrons. The molecule has 1 aliphatic rings. The van der Waals surface area contributed by atoms with E-state index in [0.29, 0.717) is 12.3 Å². The molecule has 0 fully saturated rings. The van der Waals surface area contributed by atoms with Crippen molar-refractivity contribution in [2.75, 3.05) is 6.61 Å². The number of hydrogen-bond acceptors (Lipinski definition) is 2. The summed E-state index contributed by atoms with van der Waals surface area (Å²) in [4.78, 5) is 15.3. The zero-order chi connectivity index (χ0) is 14.5. The van der Waals surface area contributed by atoms with Crippen molar-refractivity contribution in [2.24, 2.45) is 0 Å². The Morgan fingerprint density at radius 3 is 2.70 bits per heavy atom. The molecule has 1 aliphatic carbocycles. The maximum Gasteiger partial charge on any atom is 0.355 e. The summed E-state index contributed by atoms with van der Waals surface area (Å²) in [6, 6.07) is 8.36. The van der Waals surface area contributed by atoms with Crippen LogP contribution in [0, 0.1) is 6.92 Å². The second kappa shape index (κ2) is 4.23. The minimum absolute atomic E-state index is 0.0861. The van der Waals surface area contributed by atoms with Gasteiger partial charge < -0.3 is 9.72 Å². The van der Waals surface area contributed by atoms with Gasteiger partial charge in [-0.1, -0.05) is 38.1 Å². The summed E-state index contributed by atoms with van der Waals surface area (Å²) in [6.45, 7) is 8.61. The highest BCUT2D eigenvalue weighted by molar-refractivity contribution is 5.93. The van der Waals surface area contributed by atoms with E-state index >= 15 is 0 Å². The van der Waals surface area contributed by atoms with Gasteiger partial charge in [0, 0.05) is 11.0 Å². The molecule has 1 aromatic heterocycles. The number of rotatable bonds is 2. The van der Waals surface area contributed by atoms with Gasteiger partial charge in [0.1, 0.15) is 5.69 Å². The van der Waals surface area contributed by atoms with Crippen LogP contribution in [0.3, 0.4) is 0 Å². The number of aromatic nitrogens is 1. The quantitative estimate of drug-likeness (QED) is 0.842. The molecule has 3 nitrogen and oxygen atoms in total. The summed E-state index contributed by atoms with van der Waals surface area (Å²) in [5.41, 5.74) is 6.26. The molecule has 0 amide bonds. The highest BCUT2D eigenvalue weighted by Gasteiger charge is 2.39. The lowest BCUT2D eigenvalue weighted by molar-refractivity contribution is 0.0519. The van der Waals surface area contributed by atoms with Gasteiger partial charge >= 0.3 is 5.97 Å². The molecule has 1 heterocycles. The Morgan fingerprint density at radius 1 is 1.30 bits per heavy atom. The number of carbonyl (C=O) groups excluding carboxylic acids is 1. The lowest BCUT2D eigenvalue weighted by Crippen LogP contribution is -2.17. The van der Waals surface area contributed by atoms with Crippen LogP contribution in [0.1, 0.15) is 48.0 Å². The maximum atomic E-state index is 12.0. The minimum Gasteiger partial charge on any atom is -0.461 e. The van der Waals surface area contributed by atoms with E-state index in [4.69, 9.17) is 4.74 Å². The lowest BCUT2D eigenvalue weighted by Gasteiger charge is -2.21. The van der Waals surface area contributed by atoms with Crippen molar-refractivity contribution >= 4 is 5.97 Å². The predicted molar refractivity (Wildman–Crippen MR) is 79.1 cm³/mol. The summed E-state index contributed by atoms with van der Waals surface area (Å²) in [5.74, 6) is -0.271. The fourth-order valence-electron chi connectivity index (χ4n) is 3.37. The SMILES string of the molecule is CCOC(=O)c1[nH]c2c(c1C)C(C)(C)c1ccccc1-2. The van der Waals surface area contributed by atoms with Gasteiger partial charge in [-0.05, 0) is 30.5 Å². The van der Waals surface area contributed by atoms with Gasteiger partial charge in [0.2, 0.25) is 0 Å². The fourth-order valence-corrected chi connectivity index (χ4v) is 3.37. The zero-order valence-corrected chi connectivity index (χ0v) is 12.3. The van der Waals surface area contributed by atoms with E-state index in [-0.39, 0.29) is 11.4 Å².